The molecule has 0 radical (unpaired) electrons. The number of aliphatic hydroxyl groups is 2. The van der Waals surface area contributed by atoms with E-state index >= 15 is 0 Å². The van der Waals surface area contributed by atoms with E-state index < -0.39 is 12.1 Å². The number of carbonyl (C=O) groups is 1. The smallest absolute Gasteiger partial charge is 0.315 e. The zero-order chi connectivity index (χ0) is 24.9. The first-order valence-electron chi connectivity index (χ1n) is 11.6. The Kier molecular flexibility index (Phi) is 8.28. The van der Waals surface area contributed by atoms with Gasteiger partial charge in [-0.05, 0) is 65.6 Å². The highest BCUT2D eigenvalue weighted by Gasteiger charge is 2.32. The van der Waals surface area contributed by atoms with Crippen molar-refractivity contribution in [1.82, 2.24) is 20.4 Å². The topological polar surface area (TPSA) is 99.4 Å². The van der Waals surface area contributed by atoms with E-state index in [1.54, 1.807) is 16.8 Å². The number of nitrogens with one attached hydrogen (secondary N) is 2. The Morgan fingerprint density at radius 3 is 2.41 bits per heavy atom. The summed E-state index contributed by atoms with van der Waals surface area (Å²) < 4.78 is 15.1. The minimum atomic E-state index is -0.686. The Morgan fingerprint density at radius 1 is 1.12 bits per heavy atom. The van der Waals surface area contributed by atoms with Crippen LogP contribution in [0, 0.1) is 17.2 Å². The molecule has 0 saturated carbocycles. The maximum atomic E-state index is 13.3. The second-order valence-corrected chi connectivity index (χ2v) is 9.91. The standard InChI is InChI=1S/C26H35FN4O3/c1-17(2)11-23(26(3,4)16-28-25(34)30-21(14-32)15-33)18-5-10-24-19(12-18)13-29-31(24)22-8-6-20(27)7-9-22/h5-10,12-13,17,21,23,32-33H,11,14-16H2,1-4H3,(H2,28,30,34). The van der Waals surface area contributed by atoms with E-state index in [2.05, 4.69) is 55.6 Å². The predicted molar refractivity (Wildman–Crippen MR) is 131 cm³/mol. The quantitative estimate of drug-likeness (QED) is 0.360. The van der Waals surface area contributed by atoms with E-state index in [0.717, 1.165) is 28.6 Å². The molecule has 7 nitrogen and oxygen atoms in total. The Hall–Kier alpha value is -2.97. The lowest BCUT2D eigenvalue weighted by Crippen LogP contribution is -2.48. The number of urea groups is 1. The van der Waals surface area contributed by atoms with Crippen LogP contribution in [0.1, 0.15) is 45.6 Å². The molecule has 8 heteroatoms. The molecule has 0 spiro atoms. The number of rotatable bonds is 10. The molecule has 0 saturated heterocycles. The molecule has 4 N–H and O–H groups in total. The number of aliphatic hydroxyl groups excluding tert-OH is 2. The van der Waals surface area contributed by atoms with Crippen molar-refractivity contribution in [3.8, 4) is 5.69 Å². The number of fused-ring (bicyclic) bond motifs is 1. The van der Waals surface area contributed by atoms with Gasteiger partial charge in [-0.1, -0.05) is 33.8 Å². The van der Waals surface area contributed by atoms with Gasteiger partial charge in [0.15, 0.2) is 0 Å². The summed E-state index contributed by atoms with van der Waals surface area (Å²) in [5.74, 6) is 0.327. The molecular weight excluding hydrogens is 435 g/mol. The maximum absolute atomic E-state index is 13.3. The van der Waals surface area contributed by atoms with Crippen LogP contribution in [0.4, 0.5) is 9.18 Å². The lowest BCUT2D eigenvalue weighted by molar-refractivity contribution is 0.166. The molecule has 1 unspecified atom stereocenters. The second kappa shape index (κ2) is 11.0. The van der Waals surface area contributed by atoms with E-state index in [1.807, 2.05) is 12.3 Å². The van der Waals surface area contributed by atoms with Gasteiger partial charge in [0.1, 0.15) is 5.82 Å². The summed E-state index contributed by atoms with van der Waals surface area (Å²) in [6.45, 7) is 8.39. The van der Waals surface area contributed by atoms with Gasteiger partial charge in [-0.25, -0.2) is 13.9 Å². The third-order valence-corrected chi connectivity index (χ3v) is 6.20. The highest BCUT2D eigenvalue weighted by Crippen LogP contribution is 2.40. The van der Waals surface area contributed by atoms with Crippen molar-refractivity contribution in [3.05, 3.63) is 60.0 Å². The highest BCUT2D eigenvalue weighted by atomic mass is 19.1. The second-order valence-electron chi connectivity index (χ2n) is 9.91. The minimum absolute atomic E-state index is 0.165. The molecule has 34 heavy (non-hydrogen) atoms. The highest BCUT2D eigenvalue weighted by molar-refractivity contribution is 5.81. The van der Waals surface area contributed by atoms with Crippen LogP contribution >= 0.6 is 0 Å². The van der Waals surface area contributed by atoms with E-state index in [0.29, 0.717) is 12.5 Å². The van der Waals surface area contributed by atoms with Crippen molar-refractivity contribution in [3.63, 3.8) is 0 Å². The summed E-state index contributed by atoms with van der Waals surface area (Å²) in [7, 11) is 0. The van der Waals surface area contributed by atoms with E-state index in [4.69, 9.17) is 0 Å². The van der Waals surface area contributed by atoms with Crippen molar-refractivity contribution < 1.29 is 19.4 Å². The first-order valence-corrected chi connectivity index (χ1v) is 11.6. The van der Waals surface area contributed by atoms with Gasteiger partial charge >= 0.3 is 6.03 Å². The fraction of sp³-hybridized carbons (Fsp3) is 0.462. The van der Waals surface area contributed by atoms with Crippen LogP contribution < -0.4 is 10.6 Å². The SMILES string of the molecule is CC(C)CC(c1ccc2c(cnn2-c2ccc(F)cc2)c1)C(C)(C)CNC(=O)NC(CO)CO. The Bertz CT molecular complexity index is 1090. The molecule has 2 amide bonds. The minimum Gasteiger partial charge on any atom is -0.394 e. The fourth-order valence-corrected chi connectivity index (χ4v) is 4.25. The molecule has 0 aliphatic rings. The van der Waals surface area contributed by atoms with Gasteiger partial charge < -0.3 is 20.8 Å². The molecule has 0 bridgehead atoms. The largest absolute Gasteiger partial charge is 0.394 e. The average Bonchev–Trinajstić information content (AvgIpc) is 3.23. The first-order chi connectivity index (χ1) is 16.1. The lowest BCUT2D eigenvalue weighted by Gasteiger charge is -2.36. The number of halogens is 1. The normalized spacial score (nSPS) is 13.0. The fourth-order valence-electron chi connectivity index (χ4n) is 4.25. The van der Waals surface area contributed by atoms with Gasteiger partial charge in [0.2, 0.25) is 0 Å². The summed E-state index contributed by atoms with van der Waals surface area (Å²) >= 11 is 0. The zero-order valence-electron chi connectivity index (χ0n) is 20.3. The molecular formula is C26H35FN4O3. The van der Waals surface area contributed by atoms with Crippen molar-refractivity contribution in [1.29, 1.82) is 0 Å². The van der Waals surface area contributed by atoms with Gasteiger partial charge in [0.05, 0.1) is 36.7 Å². The summed E-state index contributed by atoms with van der Waals surface area (Å²) in [4.78, 5) is 12.3. The molecule has 3 rings (SSSR count). The maximum Gasteiger partial charge on any atom is 0.315 e. The Balaban J connectivity index is 1.84. The molecule has 0 fully saturated rings. The van der Waals surface area contributed by atoms with Gasteiger partial charge in [0, 0.05) is 11.9 Å². The molecule has 0 aliphatic carbocycles. The van der Waals surface area contributed by atoms with Crippen molar-refractivity contribution in [2.45, 2.75) is 46.1 Å². The number of hydrogen-bond acceptors (Lipinski definition) is 4. The summed E-state index contributed by atoms with van der Waals surface area (Å²) in [6.07, 6.45) is 2.75. The number of hydrogen-bond donors (Lipinski definition) is 4. The van der Waals surface area contributed by atoms with E-state index in [9.17, 15) is 19.4 Å². The molecule has 0 aliphatic heterocycles. The Morgan fingerprint density at radius 2 is 1.79 bits per heavy atom. The number of nitrogens with zero attached hydrogens (tertiary/aromatic N) is 2. The number of benzene rings is 2. The van der Waals surface area contributed by atoms with Crippen molar-refractivity contribution in [2.75, 3.05) is 19.8 Å². The predicted octanol–water partition coefficient (Wildman–Crippen LogP) is 3.97. The third kappa shape index (κ3) is 6.12. The van der Waals surface area contributed by atoms with Gasteiger partial charge in [-0.2, -0.15) is 5.10 Å². The van der Waals surface area contributed by atoms with Crippen molar-refractivity contribution in [2.24, 2.45) is 11.3 Å². The van der Waals surface area contributed by atoms with Crippen LogP contribution in [0.3, 0.4) is 0 Å². The summed E-state index contributed by atoms with van der Waals surface area (Å²) in [6, 6.07) is 11.4. The molecule has 3 aromatic rings. The molecule has 1 heterocycles. The van der Waals surface area contributed by atoms with Gasteiger partial charge in [-0.3, -0.25) is 0 Å². The van der Waals surface area contributed by atoms with E-state index in [1.165, 1.54) is 12.1 Å². The van der Waals surface area contributed by atoms with Crippen LogP contribution in [0.15, 0.2) is 48.7 Å². The third-order valence-electron chi connectivity index (χ3n) is 6.20. The summed E-state index contributed by atoms with van der Waals surface area (Å²) in [5.41, 5.74) is 2.63. The molecule has 1 aromatic heterocycles. The van der Waals surface area contributed by atoms with Crippen LogP contribution in [0.2, 0.25) is 0 Å². The zero-order valence-corrected chi connectivity index (χ0v) is 20.3. The lowest BCUT2D eigenvalue weighted by atomic mass is 9.71. The van der Waals surface area contributed by atoms with E-state index in [-0.39, 0.29) is 30.4 Å². The number of carbonyl (C=O) groups excluding carboxylic acids is 1. The average molecular weight is 471 g/mol. The molecule has 184 valence electrons. The monoisotopic (exact) mass is 470 g/mol. The number of aromatic nitrogens is 2. The molecule has 2 aromatic carbocycles. The van der Waals surface area contributed by atoms with Crippen LogP contribution in [0.25, 0.3) is 16.6 Å². The van der Waals surface area contributed by atoms with Crippen LogP contribution in [-0.2, 0) is 0 Å². The molecule has 1 atom stereocenters. The Labute approximate surface area is 200 Å². The summed E-state index contributed by atoms with van der Waals surface area (Å²) in [5, 5.41) is 29.3. The van der Waals surface area contributed by atoms with Crippen molar-refractivity contribution >= 4 is 16.9 Å². The van der Waals surface area contributed by atoms with Crippen LogP contribution in [-0.4, -0.2) is 51.8 Å². The van der Waals surface area contributed by atoms with Crippen LogP contribution in [0.5, 0.6) is 0 Å². The number of amides is 2. The first kappa shape index (κ1) is 25.6. The van der Waals surface area contributed by atoms with Gasteiger partial charge in [0.25, 0.3) is 0 Å². The van der Waals surface area contributed by atoms with Gasteiger partial charge in [-0.15, -0.1) is 0 Å².